The SMILES string of the molecule is Fc1c(Cl)ccc(OC2CC(Cl)C2)c1F. The van der Waals surface area contributed by atoms with Crippen LogP contribution in [-0.4, -0.2) is 11.5 Å². The molecule has 0 radical (unpaired) electrons. The normalized spacial score (nSPS) is 24.8. The van der Waals surface area contributed by atoms with Crippen LogP contribution < -0.4 is 4.74 Å². The Balaban J connectivity index is 2.12. The fourth-order valence-electron chi connectivity index (χ4n) is 1.38. The minimum absolute atomic E-state index is 0.0789. The Morgan fingerprint density at radius 2 is 1.87 bits per heavy atom. The van der Waals surface area contributed by atoms with Gasteiger partial charge in [-0.3, -0.25) is 0 Å². The number of alkyl halides is 1. The van der Waals surface area contributed by atoms with Gasteiger partial charge in [-0.1, -0.05) is 11.6 Å². The maximum atomic E-state index is 13.3. The van der Waals surface area contributed by atoms with Crippen molar-refractivity contribution in [3.05, 3.63) is 28.8 Å². The smallest absolute Gasteiger partial charge is 0.202 e. The first-order chi connectivity index (χ1) is 7.08. The van der Waals surface area contributed by atoms with Crippen LogP contribution in [0.15, 0.2) is 12.1 Å². The van der Waals surface area contributed by atoms with Gasteiger partial charge in [0.15, 0.2) is 11.6 Å². The molecule has 1 aromatic rings. The first-order valence-electron chi connectivity index (χ1n) is 4.52. The van der Waals surface area contributed by atoms with Gasteiger partial charge in [0.2, 0.25) is 5.82 Å². The first-order valence-corrected chi connectivity index (χ1v) is 5.33. The first kappa shape index (κ1) is 11.0. The van der Waals surface area contributed by atoms with Gasteiger partial charge in [-0.05, 0) is 12.1 Å². The molecule has 0 aromatic heterocycles. The third kappa shape index (κ3) is 2.18. The van der Waals surface area contributed by atoms with Crippen LogP contribution >= 0.6 is 23.2 Å². The van der Waals surface area contributed by atoms with E-state index in [1.54, 1.807) is 0 Å². The fraction of sp³-hybridized carbons (Fsp3) is 0.400. The summed E-state index contributed by atoms with van der Waals surface area (Å²) in [4.78, 5) is 0. The van der Waals surface area contributed by atoms with Crippen molar-refractivity contribution in [2.24, 2.45) is 0 Å². The van der Waals surface area contributed by atoms with E-state index in [4.69, 9.17) is 27.9 Å². The topological polar surface area (TPSA) is 9.23 Å². The summed E-state index contributed by atoms with van der Waals surface area (Å²) in [5.74, 6) is -2.22. The van der Waals surface area contributed by atoms with Crippen molar-refractivity contribution < 1.29 is 13.5 Å². The molecular weight excluding hydrogens is 245 g/mol. The third-order valence-electron chi connectivity index (χ3n) is 2.33. The van der Waals surface area contributed by atoms with Gasteiger partial charge >= 0.3 is 0 Å². The third-order valence-corrected chi connectivity index (χ3v) is 2.98. The van der Waals surface area contributed by atoms with Crippen molar-refractivity contribution in [3.8, 4) is 5.75 Å². The van der Waals surface area contributed by atoms with Gasteiger partial charge in [0.25, 0.3) is 0 Å². The summed E-state index contributed by atoms with van der Waals surface area (Å²) in [7, 11) is 0. The second-order valence-electron chi connectivity index (χ2n) is 3.48. The molecule has 0 unspecified atom stereocenters. The zero-order chi connectivity index (χ0) is 11.0. The van der Waals surface area contributed by atoms with Crippen LogP contribution in [0.1, 0.15) is 12.8 Å². The van der Waals surface area contributed by atoms with Crippen LogP contribution in [0.25, 0.3) is 0 Å². The maximum Gasteiger partial charge on any atom is 0.202 e. The average molecular weight is 253 g/mol. The molecule has 0 heterocycles. The van der Waals surface area contributed by atoms with Crippen LogP contribution in [0.4, 0.5) is 8.78 Å². The predicted octanol–water partition coefficient (Wildman–Crippen LogP) is 3.77. The van der Waals surface area contributed by atoms with E-state index in [-0.39, 0.29) is 22.3 Å². The van der Waals surface area contributed by atoms with E-state index < -0.39 is 11.6 Å². The summed E-state index contributed by atoms with van der Waals surface area (Å²) in [5.41, 5.74) is 0. The molecule has 0 aliphatic heterocycles. The number of rotatable bonds is 2. The summed E-state index contributed by atoms with van der Waals surface area (Å²) in [6.45, 7) is 0. The minimum atomic E-state index is -1.07. The molecule has 1 fully saturated rings. The van der Waals surface area contributed by atoms with Crippen LogP contribution in [0.2, 0.25) is 5.02 Å². The van der Waals surface area contributed by atoms with Crippen molar-refractivity contribution in [2.45, 2.75) is 24.3 Å². The van der Waals surface area contributed by atoms with Crippen molar-refractivity contribution in [3.63, 3.8) is 0 Å². The van der Waals surface area contributed by atoms with E-state index in [1.165, 1.54) is 12.1 Å². The molecule has 1 nitrogen and oxygen atoms in total. The molecule has 1 aliphatic carbocycles. The molecule has 0 bridgehead atoms. The van der Waals surface area contributed by atoms with Crippen LogP contribution in [-0.2, 0) is 0 Å². The standard InChI is InChI=1S/C10H8Cl2F2O/c11-5-3-6(4-5)15-8-2-1-7(12)9(13)10(8)14/h1-2,5-6H,3-4H2. The van der Waals surface area contributed by atoms with Gasteiger partial charge in [0.1, 0.15) is 6.10 Å². The molecule has 1 saturated carbocycles. The Morgan fingerprint density at radius 1 is 1.20 bits per heavy atom. The van der Waals surface area contributed by atoms with Crippen LogP contribution in [0.5, 0.6) is 5.75 Å². The second-order valence-corrected chi connectivity index (χ2v) is 4.51. The van der Waals surface area contributed by atoms with E-state index >= 15 is 0 Å². The Morgan fingerprint density at radius 3 is 2.47 bits per heavy atom. The molecule has 1 aromatic carbocycles. The molecule has 0 amide bonds. The van der Waals surface area contributed by atoms with Crippen molar-refractivity contribution in [2.75, 3.05) is 0 Å². The lowest BCUT2D eigenvalue weighted by atomic mass is 9.95. The molecule has 0 spiro atoms. The van der Waals surface area contributed by atoms with Crippen molar-refractivity contribution in [1.29, 1.82) is 0 Å². The zero-order valence-electron chi connectivity index (χ0n) is 7.64. The molecule has 1 aliphatic rings. The minimum Gasteiger partial charge on any atom is -0.487 e. The van der Waals surface area contributed by atoms with Gasteiger partial charge in [0, 0.05) is 18.2 Å². The molecule has 15 heavy (non-hydrogen) atoms. The highest BCUT2D eigenvalue weighted by Gasteiger charge is 2.30. The quantitative estimate of drug-likeness (QED) is 0.575. The van der Waals surface area contributed by atoms with Gasteiger partial charge in [0.05, 0.1) is 5.02 Å². The molecular formula is C10H8Cl2F2O. The number of benzene rings is 1. The van der Waals surface area contributed by atoms with Crippen LogP contribution in [0, 0.1) is 11.6 Å². The molecule has 2 rings (SSSR count). The largest absolute Gasteiger partial charge is 0.487 e. The Hall–Kier alpha value is -0.540. The predicted molar refractivity (Wildman–Crippen MR) is 54.7 cm³/mol. The summed E-state index contributed by atoms with van der Waals surface area (Å²) in [6.07, 6.45) is 1.19. The molecule has 0 N–H and O–H groups in total. The number of ether oxygens (including phenoxy) is 1. The van der Waals surface area contributed by atoms with Gasteiger partial charge in [-0.15, -0.1) is 11.6 Å². The van der Waals surface area contributed by atoms with E-state index in [0.29, 0.717) is 12.8 Å². The number of hydrogen-bond donors (Lipinski definition) is 0. The number of halogens is 4. The summed E-state index contributed by atoms with van der Waals surface area (Å²) < 4.78 is 31.5. The summed E-state index contributed by atoms with van der Waals surface area (Å²) >= 11 is 11.1. The van der Waals surface area contributed by atoms with E-state index in [1.807, 2.05) is 0 Å². The lowest BCUT2D eigenvalue weighted by Gasteiger charge is -2.31. The highest BCUT2D eigenvalue weighted by Crippen LogP contribution is 2.32. The molecule has 82 valence electrons. The van der Waals surface area contributed by atoms with E-state index in [0.717, 1.165) is 0 Å². The Bertz CT molecular complexity index is 378. The van der Waals surface area contributed by atoms with Crippen molar-refractivity contribution >= 4 is 23.2 Å². The van der Waals surface area contributed by atoms with E-state index in [9.17, 15) is 8.78 Å². The van der Waals surface area contributed by atoms with Gasteiger partial charge < -0.3 is 4.74 Å². The van der Waals surface area contributed by atoms with Crippen molar-refractivity contribution in [1.82, 2.24) is 0 Å². The highest BCUT2D eigenvalue weighted by atomic mass is 35.5. The lowest BCUT2D eigenvalue weighted by Crippen LogP contribution is -2.34. The summed E-state index contributed by atoms with van der Waals surface area (Å²) in [6, 6.07) is 2.59. The second kappa shape index (κ2) is 4.14. The van der Waals surface area contributed by atoms with Gasteiger partial charge in [-0.25, -0.2) is 4.39 Å². The van der Waals surface area contributed by atoms with E-state index in [2.05, 4.69) is 0 Å². The highest BCUT2D eigenvalue weighted by molar-refractivity contribution is 6.30. The summed E-state index contributed by atoms with van der Waals surface area (Å²) in [5, 5.41) is -0.168. The average Bonchev–Trinajstić information content (AvgIpc) is 2.16. The molecule has 5 heteroatoms. The number of hydrogen-bond acceptors (Lipinski definition) is 1. The monoisotopic (exact) mass is 252 g/mol. The zero-order valence-corrected chi connectivity index (χ0v) is 9.16. The van der Waals surface area contributed by atoms with Crippen LogP contribution in [0.3, 0.4) is 0 Å². The Labute approximate surface area is 95.9 Å². The molecule has 0 saturated heterocycles. The Kier molecular flexibility index (Phi) is 3.03. The fourth-order valence-corrected chi connectivity index (χ4v) is 1.92. The molecule has 0 atom stereocenters. The maximum absolute atomic E-state index is 13.3. The lowest BCUT2D eigenvalue weighted by molar-refractivity contribution is 0.117. The van der Waals surface area contributed by atoms with Gasteiger partial charge in [-0.2, -0.15) is 4.39 Å².